The number of hydrogen-bond donors (Lipinski definition) is 4. The van der Waals surface area contributed by atoms with Gasteiger partial charge in [0, 0.05) is 26.2 Å². The number of sulfonamides is 1. The number of H-pyrrole nitrogens is 1. The molecule has 0 aliphatic rings. The summed E-state index contributed by atoms with van der Waals surface area (Å²) in [5, 5.41) is 13.7. The predicted octanol–water partition coefficient (Wildman–Crippen LogP) is 1.94. The predicted molar refractivity (Wildman–Crippen MR) is 118 cm³/mol. The second kappa shape index (κ2) is 9.57. The molecule has 0 aliphatic heterocycles. The van der Waals surface area contributed by atoms with Gasteiger partial charge in [-0.3, -0.25) is 0 Å². The molecule has 0 unspecified atom stereocenters. The van der Waals surface area contributed by atoms with Crippen molar-refractivity contribution < 1.29 is 13.5 Å². The fraction of sp³-hybridized carbons (Fsp3) is 0.381. The second-order valence-corrected chi connectivity index (χ2v) is 9.73. The van der Waals surface area contributed by atoms with Crippen LogP contribution in [0.3, 0.4) is 0 Å². The van der Waals surface area contributed by atoms with E-state index in [4.69, 9.17) is 5.73 Å². The molecule has 1 aromatic heterocycles. The molecule has 1 heterocycles. The number of nitrogen functional groups attached to an aromatic ring is 1. The summed E-state index contributed by atoms with van der Waals surface area (Å²) in [5.41, 5.74) is 7.93. The average molecular weight is 432 g/mol. The Morgan fingerprint density at radius 3 is 2.60 bits per heavy atom. The SMILES string of the molecule is CC(C)CN(C[C@H](O)CNCc1ccccc1)S(=O)(=O)c1ccc2nc(N)[nH]c2c1. The summed E-state index contributed by atoms with van der Waals surface area (Å²) in [7, 11) is -3.79. The first kappa shape index (κ1) is 22.2. The van der Waals surface area contributed by atoms with Crippen molar-refractivity contribution in [1.29, 1.82) is 0 Å². The van der Waals surface area contributed by atoms with Gasteiger partial charge in [-0.1, -0.05) is 44.2 Å². The monoisotopic (exact) mass is 431 g/mol. The van der Waals surface area contributed by atoms with Crippen molar-refractivity contribution in [3.8, 4) is 0 Å². The molecule has 1 atom stereocenters. The highest BCUT2D eigenvalue weighted by atomic mass is 32.2. The number of rotatable bonds is 10. The zero-order chi connectivity index (χ0) is 21.7. The normalized spacial score (nSPS) is 13.4. The Morgan fingerprint density at radius 1 is 1.17 bits per heavy atom. The van der Waals surface area contributed by atoms with Crippen LogP contribution in [-0.2, 0) is 16.6 Å². The maximum atomic E-state index is 13.3. The van der Waals surface area contributed by atoms with E-state index in [1.54, 1.807) is 6.07 Å². The Balaban J connectivity index is 1.71. The van der Waals surface area contributed by atoms with E-state index in [-0.39, 0.29) is 29.9 Å². The maximum Gasteiger partial charge on any atom is 0.243 e. The molecule has 5 N–H and O–H groups in total. The number of aromatic amines is 1. The first-order valence-electron chi connectivity index (χ1n) is 9.94. The third-order valence-electron chi connectivity index (χ3n) is 4.64. The fourth-order valence-electron chi connectivity index (χ4n) is 3.27. The van der Waals surface area contributed by atoms with Crippen molar-refractivity contribution in [2.45, 2.75) is 31.4 Å². The minimum atomic E-state index is -3.79. The van der Waals surface area contributed by atoms with Crippen molar-refractivity contribution >= 4 is 27.0 Å². The molecule has 0 saturated carbocycles. The maximum absolute atomic E-state index is 13.3. The lowest BCUT2D eigenvalue weighted by Crippen LogP contribution is -2.43. The van der Waals surface area contributed by atoms with Crippen LogP contribution in [0.1, 0.15) is 19.4 Å². The Hall–Kier alpha value is -2.46. The molecule has 2 aromatic carbocycles. The van der Waals surface area contributed by atoms with Gasteiger partial charge >= 0.3 is 0 Å². The highest BCUT2D eigenvalue weighted by molar-refractivity contribution is 7.89. The smallest absolute Gasteiger partial charge is 0.243 e. The van der Waals surface area contributed by atoms with Crippen molar-refractivity contribution in [2.24, 2.45) is 5.92 Å². The molecular weight excluding hydrogens is 402 g/mol. The highest BCUT2D eigenvalue weighted by Crippen LogP contribution is 2.22. The molecule has 9 heteroatoms. The van der Waals surface area contributed by atoms with Gasteiger partial charge in [0.25, 0.3) is 0 Å². The molecule has 162 valence electrons. The summed E-state index contributed by atoms with van der Waals surface area (Å²) in [4.78, 5) is 7.10. The minimum Gasteiger partial charge on any atom is -0.390 e. The van der Waals surface area contributed by atoms with Crippen molar-refractivity contribution in [3.05, 3.63) is 54.1 Å². The van der Waals surface area contributed by atoms with Gasteiger partial charge in [-0.15, -0.1) is 0 Å². The largest absolute Gasteiger partial charge is 0.390 e. The number of nitrogens with zero attached hydrogens (tertiary/aromatic N) is 2. The van der Waals surface area contributed by atoms with Crippen LogP contribution < -0.4 is 11.1 Å². The topological polar surface area (TPSA) is 124 Å². The Labute approximate surface area is 177 Å². The van der Waals surface area contributed by atoms with E-state index in [9.17, 15) is 13.5 Å². The van der Waals surface area contributed by atoms with E-state index >= 15 is 0 Å². The molecule has 3 aromatic rings. The molecule has 3 rings (SSSR count). The zero-order valence-electron chi connectivity index (χ0n) is 17.2. The van der Waals surface area contributed by atoms with Crippen LogP contribution in [0, 0.1) is 5.92 Å². The van der Waals surface area contributed by atoms with E-state index in [2.05, 4.69) is 15.3 Å². The highest BCUT2D eigenvalue weighted by Gasteiger charge is 2.27. The summed E-state index contributed by atoms with van der Waals surface area (Å²) in [6.07, 6.45) is -0.839. The molecule has 0 bridgehead atoms. The van der Waals surface area contributed by atoms with Crippen molar-refractivity contribution in [3.63, 3.8) is 0 Å². The summed E-state index contributed by atoms with van der Waals surface area (Å²) in [6, 6.07) is 14.5. The van der Waals surface area contributed by atoms with Gasteiger partial charge in [0.05, 0.1) is 22.0 Å². The van der Waals surface area contributed by atoms with Gasteiger partial charge in [-0.25, -0.2) is 13.4 Å². The van der Waals surface area contributed by atoms with Crippen molar-refractivity contribution in [2.75, 3.05) is 25.4 Å². The van der Waals surface area contributed by atoms with Gasteiger partial charge in [0.15, 0.2) is 5.95 Å². The summed E-state index contributed by atoms with van der Waals surface area (Å²) in [5.74, 6) is 0.342. The van der Waals surface area contributed by atoms with Crippen LogP contribution in [-0.4, -0.2) is 53.5 Å². The van der Waals surface area contributed by atoms with Gasteiger partial charge in [0.1, 0.15) is 0 Å². The lowest BCUT2D eigenvalue weighted by atomic mass is 10.2. The third-order valence-corrected chi connectivity index (χ3v) is 6.47. The summed E-state index contributed by atoms with van der Waals surface area (Å²) >= 11 is 0. The number of aliphatic hydroxyl groups excluding tert-OH is 1. The molecule has 30 heavy (non-hydrogen) atoms. The van der Waals surface area contributed by atoms with Crippen LogP contribution in [0.2, 0.25) is 0 Å². The molecule has 0 radical (unpaired) electrons. The molecule has 8 nitrogen and oxygen atoms in total. The second-order valence-electron chi connectivity index (χ2n) is 7.79. The summed E-state index contributed by atoms with van der Waals surface area (Å²) in [6.45, 7) is 5.09. The molecular formula is C21H29N5O3S. The third kappa shape index (κ3) is 5.57. The van der Waals surface area contributed by atoms with Crippen LogP contribution in [0.15, 0.2) is 53.4 Å². The molecule has 0 fully saturated rings. The van der Waals surface area contributed by atoms with E-state index in [1.807, 2.05) is 44.2 Å². The molecule has 0 spiro atoms. The molecule has 0 saturated heterocycles. The number of fused-ring (bicyclic) bond motifs is 1. The number of imidazole rings is 1. The van der Waals surface area contributed by atoms with E-state index in [1.165, 1.54) is 16.4 Å². The van der Waals surface area contributed by atoms with Gasteiger partial charge in [-0.2, -0.15) is 4.31 Å². The first-order chi connectivity index (χ1) is 14.3. The zero-order valence-corrected chi connectivity index (χ0v) is 18.1. The number of nitrogens with one attached hydrogen (secondary N) is 2. The lowest BCUT2D eigenvalue weighted by Gasteiger charge is -2.26. The van der Waals surface area contributed by atoms with Crippen LogP contribution in [0.25, 0.3) is 11.0 Å². The number of aromatic nitrogens is 2. The van der Waals surface area contributed by atoms with Crippen LogP contribution in [0.4, 0.5) is 5.95 Å². The molecule has 0 aliphatic carbocycles. The van der Waals surface area contributed by atoms with Crippen LogP contribution >= 0.6 is 0 Å². The quantitative estimate of drug-likeness (QED) is 0.389. The van der Waals surface area contributed by atoms with Gasteiger partial charge in [-0.05, 0) is 29.7 Å². The number of anilines is 1. The standard InChI is InChI=1S/C21H29N5O3S/c1-15(2)13-26(14-17(27)12-23-11-16-6-4-3-5-7-16)30(28,29)18-8-9-19-20(10-18)25-21(22)24-19/h3-10,15,17,23,27H,11-14H2,1-2H3,(H3,22,24,25)/t17-/m1/s1. The van der Waals surface area contributed by atoms with E-state index < -0.39 is 16.1 Å². The number of benzene rings is 2. The number of nitrogens with two attached hydrogens (primary N) is 1. The van der Waals surface area contributed by atoms with Crippen molar-refractivity contribution in [1.82, 2.24) is 19.6 Å². The van der Waals surface area contributed by atoms with Crippen LogP contribution in [0.5, 0.6) is 0 Å². The van der Waals surface area contributed by atoms with E-state index in [0.29, 0.717) is 24.1 Å². The van der Waals surface area contributed by atoms with E-state index in [0.717, 1.165) is 5.56 Å². The first-order valence-corrected chi connectivity index (χ1v) is 11.4. The van der Waals surface area contributed by atoms with Gasteiger partial charge < -0.3 is 21.1 Å². The Kier molecular flexibility index (Phi) is 7.09. The van der Waals surface area contributed by atoms with Gasteiger partial charge in [0.2, 0.25) is 10.0 Å². The fourth-order valence-corrected chi connectivity index (χ4v) is 4.94. The number of hydrogen-bond acceptors (Lipinski definition) is 6. The Morgan fingerprint density at radius 2 is 1.90 bits per heavy atom. The minimum absolute atomic E-state index is 0.00541. The Bertz CT molecular complexity index is 1070. The number of aliphatic hydroxyl groups is 1. The lowest BCUT2D eigenvalue weighted by molar-refractivity contribution is 0.139. The average Bonchev–Trinajstić information content (AvgIpc) is 3.07. The summed E-state index contributed by atoms with van der Waals surface area (Å²) < 4.78 is 27.9. The molecule has 0 amide bonds.